The molecule has 1 aliphatic rings. The van der Waals surface area contributed by atoms with Gasteiger partial charge < -0.3 is 15.0 Å². The van der Waals surface area contributed by atoms with E-state index >= 15 is 0 Å². The molecule has 0 spiro atoms. The van der Waals surface area contributed by atoms with E-state index in [1.54, 1.807) is 28.4 Å². The fourth-order valence-corrected chi connectivity index (χ4v) is 3.41. The molecule has 1 fully saturated rings. The summed E-state index contributed by atoms with van der Waals surface area (Å²) < 4.78 is 5.34. The van der Waals surface area contributed by atoms with E-state index in [1.165, 1.54) is 0 Å². The van der Waals surface area contributed by atoms with Crippen LogP contribution in [0.3, 0.4) is 0 Å². The van der Waals surface area contributed by atoms with Gasteiger partial charge in [0.05, 0.1) is 6.42 Å². The zero-order valence-corrected chi connectivity index (χ0v) is 14.1. The molecule has 2 heterocycles. The molecule has 1 N–H and O–H groups in total. The summed E-state index contributed by atoms with van der Waals surface area (Å²) in [5.41, 5.74) is 0. The Kier molecular flexibility index (Phi) is 5.48. The predicted molar refractivity (Wildman–Crippen MR) is 93.2 cm³/mol. The van der Waals surface area contributed by atoms with E-state index in [0.717, 1.165) is 17.7 Å². The van der Waals surface area contributed by atoms with Crippen LogP contribution in [0.15, 0.2) is 47.8 Å². The Morgan fingerprint density at radius 1 is 1.12 bits per heavy atom. The molecule has 126 valence electrons. The minimum absolute atomic E-state index is 0.0442. The van der Waals surface area contributed by atoms with Crippen molar-refractivity contribution in [2.45, 2.75) is 25.3 Å². The van der Waals surface area contributed by atoms with E-state index in [2.05, 4.69) is 5.32 Å². The highest BCUT2D eigenvalue weighted by atomic mass is 32.1. The van der Waals surface area contributed by atoms with Crippen molar-refractivity contribution < 1.29 is 14.3 Å². The number of amides is 2. The van der Waals surface area contributed by atoms with Crippen LogP contribution >= 0.6 is 11.3 Å². The number of thiophene rings is 1. The highest BCUT2D eigenvalue weighted by molar-refractivity contribution is 7.10. The van der Waals surface area contributed by atoms with Crippen LogP contribution in [0.4, 0.5) is 4.79 Å². The predicted octanol–water partition coefficient (Wildman–Crippen LogP) is 3.07. The van der Waals surface area contributed by atoms with Crippen LogP contribution in [0.1, 0.15) is 17.7 Å². The van der Waals surface area contributed by atoms with Crippen molar-refractivity contribution in [1.82, 2.24) is 10.2 Å². The maximum Gasteiger partial charge on any atom is 0.415 e. The third kappa shape index (κ3) is 4.58. The lowest BCUT2D eigenvalue weighted by molar-refractivity contribution is -0.121. The summed E-state index contributed by atoms with van der Waals surface area (Å²) >= 11 is 1.59. The summed E-state index contributed by atoms with van der Waals surface area (Å²) in [6.45, 7) is 1.19. The molecule has 0 aliphatic carbocycles. The van der Waals surface area contributed by atoms with E-state index in [-0.39, 0.29) is 18.0 Å². The third-order valence-corrected chi connectivity index (χ3v) is 4.86. The first-order valence-corrected chi connectivity index (χ1v) is 8.92. The van der Waals surface area contributed by atoms with Gasteiger partial charge in [0.1, 0.15) is 5.75 Å². The summed E-state index contributed by atoms with van der Waals surface area (Å²) in [7, 11) is 0. The first-order valence-electron chi connectivity index (χ1n) is 8.04. The maximum atomic E-state index is 12.1. The summed E-state index contributed by atoms with van der Waals surface area (Å²) in [5.74, 6) is 0.594. The molecule has 0 unspecified atom stereocenters. The Hall–Kier alpha value is -2.34. The zero-order valence-electron chi connectivity index (χ0n) is 13.3. The minimum Gasteiger partial charge on any atom is -0.410 e. The van der Waals surface area contributed by atoms with Gasteiger partial charge in [-0.15, -0.1) is 11.3 Å². The van der Waals surface area contributed by atoms with Gasteiger partial charge in [-0.1, -0.05) is 24.3 Å². The number of ether oxygens (including phenoxy) is 1. The Balaban J connectivity index is 1.42. The molecule has 1 saturated heterocycles. The number of benzene rings is 1. The fraction of sp³-hybridized carbons (Fsp3) is 0.333. The van der Waals surface area contributed by atoms with Crippen molar-refractivity contribution in [3.8, 4) is 5.75 Å². The average Bonchev–Trinajstić information content (AvgIpc) is 3.09. The second kappa shape index (κ2) is 7.97. The topological polar surface area (TPSA) is 58.6 Å². The van der Waals surface area contributed by atoms with E-state index < -0.39 is 0 Å². The van der Waals surface area contributed by atoms with Crippen molar-refractivity contribution in [2.24, 2.45) is 0 Å². The van der Waals surface area contributed by atoms with Crippen molar-refractivity contribution in [1.29, 1.82) is 0 Å². The molecule has 6 heteroatoms. The van der Waals surface area contributed by atoms with Crippen molar-refractivity contribution in [3.05, 3.63) is 52.7 Å². The van der Waals surface area contributed by atoms with Gasteiger partial charge >= 0.3 is 6.09 Å². The molecular formula is C18H20N2O3S. The van der Waals surface area contributed by atoms with Crippen LogP contribution in [-0.2, 0) is 11.2 Å². The monoisotopic (exact) mass is 344 g/mol. The van der Waals surface area contributed by atoms with Crippen LogP contribution in [0, 0.1) is 0 Å². The maximum absolute atomic E-state index is 12.1. The molecule has 0 saturated carbocycles. The fourth-order valence-electron chi connectivity index (χ4n) is 2.71. The Bertz CT molecular complexity index is 665. The number of carbonyl (C=O) groups is 2. The molecule has 2 aromatic rings. The Morgan fingerprint density at radius 2 is 1.88 bits per heavy atom. The smallest absolute Gasteiger partial charge is 0.410 e. The quantitative estimate of drug-likeness (QED) is 0.927. The van der Waals surface area contributed by atoms with Gasteiger partial charge in [-0.2, -0.15) is 0 Å². The van der Waals surface area contributed by atoms with E-state index in [1.807, 2.05) is 35.7 Å². The number of para-hydroxylation sites is 1. The van der Waals surface area contributed by atoms with Gasteiger partial charge in [-0.05, 0) is 36.4 Å². The number of likely N-dealkylation sites (tertiary alicyclic amines) is 1. The summed E-state index contributed by atoms with van der Waals surface area (Å²) in [4.78, 5) is 26.9. The van der Waals surface area contributed by atoms with Gasteiger partial charge in [-0.25, -0.2) is 4.79 Å². The third-order valence-electron chi connectivity index (χ3n) is 3.98. The summed E-state index contributed by atoms with van der Waals surface area (Å²) in [5, 5.41) is 5.03. The van der Waals surface area contributed by atoms with E-state index in [0.29, 0.717) is 25.3 Å². The average molecular weight is 344 g/mol. The van der Waals surface area contributed by atoms with E-state index in [4.69, 9.17) is 4.74 Å². The molecule has 0 bridgehead atoms. The lowest BCUT2D eigenvalue weighted by atomic mass is 10.1. The zero-order chi connectivity index (χ0) is 16.8. The molecule has 3 rings (SSSR count). The van der Waals surface area contributed by atoms with Crippen molar-refractivity contribution >= 4 is 23.3 Å². The number of hydrogen-bond donors (Lipinski definition) is 1. The van der Waals surface area contributed by atoms with Crippen LogP contribution in [0.5, 0.6) is 5.75 Å². The van der Waals surface area contributed by atoms with Crippen LogP contribution < -0.4 is 10.1 Å². The largest absolute Gasteiger partial charge is 0.415 e. The molecule has 1 aromatic heterocycles. The molecule has 5 nitrogen and oxygen atoms in total. The lowest BCUT2D eigenvalue weighted by Crippen LogP contribution is -2.47. The Labute approximate surface area is 145 Å². The number of piperidine rings is 1. The molecule has 2 amide bonds. The standard InChI is InChI=1S/C18H20N2O3S/c21-17(13-16-7-4-12-24-16)19-14-8-10-20(11-9-14)18(22)23-15-5-2-1-3-6-15/h1-7,12,14H,8-11,13H2,(H,19,21). The SMILES string of the molecule is O=C(Cc1cccs1)NC1CCN(C(=O)Oc2ccccc2)CC1. The van der Waals surface area contributed by atoms with Crippen LogP contribution in [0.25, 0.3) is 0 Å². The molecule has 24 heavy (non-hydrogen) atoms. The highest BCUT2D eigenvalue weighted by Crippen LogP contribution is 2.15. The number of rotatable bonds is 4. The van der Waals surface area contributed by atoms with E-state index in [9.17, 15) is 9.59 Å². The Morgan fingerprint density at radius 3 is 2.54 bits per heavy atom. The summed E-state index contributed by atoms with van der Waals surface area (Å²) in [6.07, 6.45) is 1.60. The molecule has 1 aromatic carbocycles. The van der Waals surface area contributed by atoms with Gasteiger partial charge in [0.15, 0.2) is 0 Å². The second-order valence-electron chi connectivity index (χ2n) is 5.77. The molecular weight excluding hydrogens is 324 g/mol. The van der Waals surface area contributed by atoms with Gasteiger partial charge in [0.2, 0.25) is 5.91 Å². The summed E-state index contributed by atoms with van der Waals surface area (Å²) in [6, 6.07) is 13.1. The minimum atomic E-state index is -0.329. The van der Waals surface area contributed by atoms with Crippen LogP contribution in [-0.4, -0.2) is 36.0 Å². The normalized spacial score (nSPS) is 15.1. The molecule has 0 atom stereocenters. The first kappa shape index (κ1) is 16.5. The second-order valence-corrected chi connectivity index (χ2v) is 6.80. The van der Waals surface area contributed by atoms with Crippen molar-refractivity contribution in [2.75, 3.05) is 13.1 Å². The number of nitrogens with zero attached hydrogens (tertiary/aromatic N) is 1. The van der Waals surface area contributed by atoms with Crippen LogP contribution in [0.2, 0.25) is 0 Å². The van der Waals surface area contributed by atoms with Gasteiger partial charge in [-0.3, -0.25) is 4.79 Å². The number of hydrogen-bond acceptors (Lipinski definition) is 4. The van der Waals surface area contributed by atoms with Crippen molar-refractivity contribution in [3.63, 3.8) is 0 Å². The molecule has 1 aliphatic heterocycles. The van der Waals surface area contributed by atoms with Gasteiger partial charge in [0, 0.05) is 24.0 Å². The highest BCUT2D eigenvalue weighted by Gasteiger charge is 2.25. The molecule has 0 radical (unpaired) electrons. The lowest BCUT2D eigenvalue weighted by Gasteiger charge is -2.31. The number of carbonyl (C=O) groups excluding carboxylic acids is 2. The van der Waals surface area contributed by atoms with Gasteiger partial charge in [0.25, 0.3) is 0 Å². The number of nitrogens with one attached hydrogen (secondary N) is 1. The first-order chi connectivity index (χ1) is 11.7.